The Morgan fingerprint density at radius 1 is 1.31 bits per heavy atom. The number of nitro benzene ring substituents is 1. The topological polar surface area (TPSA) is 107 Å². The number of aryl methyl sites for hydroxylation is 1. The zero-order valence-electron chi connectivity index (χ0n) is 15.6. The third-order valence-electron chi connectivity index (χ3n) is 4.18. The third-order valence-corrected chi connectivity index (χ3v) is 5.16. The summed E-state index contributed by atoms with van der Waals surface area (Å²) in [5.74, 6) is -0.493. The molecule has 0 saturated heterocycles. The highest BCUT2D eigenvalue weighted by Crippen LogP contribution is 2.28. The number of benzene rings is 2. The van der Waals surface area contributed by atoms with E-state index >= 15 is 0 Å². The monoisotopic (exact) mass is 410 g/mol. The molecule has 0 atom stereocenters. The van der Waals surface area contributed by atoms with E-state index in [4.69, 9.17) is 0 Å². The first-order valence-corrected chi connectivity index (χ1v) is 9.68. The Bertz CT molecular complexity index is 1170. The highest BCUT2D eigenvalue weighted by atomic mass is 32.2. The van der Waals surface area contributed by atoms with Gasteiger partial charge in [-0.25, -0.2) is 4.98 Å². The van der Waals surface area contributed by atoms with Crippen LogP contribution < -0.4 is 10.9 Å². The predicted molar refractivity (Wildman–Crippen MR) is 113 cm³/mol. The van der Waals surface area contributed by atoms with Gasteiger partial charge in [0.05, 0.1) is 21.6 Å². The predicted octanol–water partition coefficient (Wildman–Crippen LogP) is 3.53. The molecule has 1 N–H and O–H groups in total. The SMILES string of the molecule is C=CCn1c(SCC(=O)Nc2c(C)cccc2[N+](=O)[O-])nc2ccccc2c1=O. The lowest BCUT2D eigenvalue weighted by molar-refractivity contribution is -0.384. The summed E-state index contributed by atoms with van der Waals surface area (Å²) >= 11 is 1.09. The molecule has 0 bridgehead atoms. The highest BCUT2D eigenvalue weighted by molar-refractivity contribution is 7.99. The normalized spacial score (nSPS) is 10.7. The van der Waals surface area contributed by atoms with Crippen LogP contribution in [0.3, 0.4) is 0 Å². The minimum Gasteiger partial charge on any atom is -0.319 e. The van der Waals surface area contributed by atoms with E-state index in [-0.39, 0.29) is 29.2 Å². The van der Waals surface area contributed by atoms with Gasteiger partial charge in [0.15, 0.2) is 5.16 Å². The fourth-order valence-corrected chi connectivity index (χ4v) is 3.63. The molecule has 0 aliphatic carbocycles. The van der Waals surface area contributed by atoms with Gasteiger partial charge in [0.1, 0.15) is 5.69 Å². The number of amides is 1. The molecule has 3 rings (SSSR count). The highest BCUT2D eigenvalue weighted by Gasteiger charge is 2.18. The molecule has 1 aromatic heterocycles. The summed E-state index contributed by atoms with van der Waals surface area (Å²) in [6, 6.07) is 11.6. The third kappa shape index (κ3) is 4.35. The van der Waals surface area contributed by atoms with Crippen LogP contribution >= 0.6 is 11.8 Å². The quantitative estimate of drug-likeness (QED) is 0.210. The Balaban J connectivity index is 1.85. The maximum Gasteiger partial charge on any atom is 0.293 e. The molecule has 1 heterocycles. The van der Waals surface area contributed by atoms with Crippen molar-refractivity contribution in [1.29, 1.82) is 0 Å². The summed E-state index contributed by atoms with van der Waals surface area (Å²) in [5, 5.41) is 14.7. The molecule has 0 unspecified atom stereocenters. The van der Waals surface area contributed by atoms with Crippen LogP contribution in [0.1, 0.15) is 5.56 Å². The van der Waals surface area contributed by atoms with Gasteiger partial charge in [0, 0.05) is 12.6 Å². The van der Waals surface area contributed by atoms with Gasteiger partial charge in [-0.3, -0.25) is 24.3 Å². The molecule has 3 aromatic rings. The van der Waals surface area contributed by atoms with Crippen LogP contribution in [0.25, 0.3) is 10.9 Å². The molecule has 29 heavy (non-hydrogen) atoms. The van der Waals surface area contributed by atoms with Crippen molar-refractivity contribution < 1.29 is 9.72 Å². The summed E-state index contributed by atoms with van der Waals surface area (Å²) in [6.07, 6.45) is 1.58. The fraction of sp³-hybridized carbons (Fsp3) is 0.150. The van der Waals surface area contributed by atoms with Gasteiger partial charge in [0.2, 0.25) is 5.91 Å². The number of allylic oxidation sites excluding steroid dienone is 1. The van der Waals surface area contributed by atoms with E-state index in [1.54, 1.807) is 49.4 Å². The molecular formula is C20H18N4O4S. The number of anilines is 1. The van der Waals surface area contributed by atoms with Gasteiger partial charge in [-0.2, -0.15) is 0 Å². The molecule has 8 nitrogen and oxygen atoms in total. The largest absolute Gasteiger partial charge is 0.319 e. The lowest BCUT2D eigenvalue weighted by Gasteiger charge is -2.12. The molecule has 2 aromatic carbocycles. The molecule has 0 aliphatic heterocycles. The van der Waals surface area contributed by atoms with E-state index in [9.17, 15) is 19.7 Å². The number of nitrogens with one attached hydrogen (secondary N) is 1. The number of fused-ring (bicyclic) bond motifs is 1. The standard InChI is InChI=1S/C20H18N4O4S/c1-3-11-23-19(26)14-8-4-5-9-15(14)21-20(23)29-12-17(25)22-18-13(2)7-6-10-16(18)24(27)28/h3-10H,1,11-12H2,2H3,(H,22,25). The number of nitro groups is 1. The maximum absolute atomic E-state index is 12.7. The van der Waals surface area contributed by atoms with Crippen LogP contribution in [0.5, 0.6) is 0 Å². The number of thioether (sulfide) groups is 1. The number of rotatable bonds is 7. The first-order valence-electron chi connectivity index (χ1n) is 8.69. The molecule has 1 amide bonds. The van der Waals surface area contributed by atoms with Gasteiger partial charge in [0.25, 0.3) is 11.2 Å². The molecule has 0 aliphatic rings. The van der Waals surface area contributed by atoms with Crippen molar-refractivity contribution in [3.05, 3.63) is 81.2 Å². The summed E-state index contributed by atoms with van der Waals surface area (Å²) in [5.41, 5.74) is 0.905. The summed E-state index contributed by atoms with van der Waals surface area (Å²) in [6.45, 7) is 5.60. The maximum atomic E-state index is 12.7. The van der Waals surface area contributed by atoms with Gasteiger partial charge in [-0.15, -0.1) is 6.58 Å². The van der Waals surface area contributed by atoms with E-state index in [1.165, 1.54) is 10.6 Å². The van der Waals surface area contributed by atoms with Crippen molar-refractivity contribution in [2.24, 2.45) is 0 Å². The van der Waals surface area contributed by atoms with Gasteiger partial charge in [-0.1, -0.05) is 42.1 Å². The molecular weight excluding hydrogens is 392 g/mol. The molecule has 148 valence electrons. The van der Waals surface area contributed by atoms with Gasteiger partial charge < -0.3 is 5.32 Å². The Labute approximate surface area is 170 Å². The number of carbonyl (C=O) groups excluding carboxylic acids is 1. The van der Waals surface area contributed by atoms with E-state index in [0.717, 1.165) is 11.8 Å². The Hall–Kier alpha value is -3.46. The van der Waals surface area contributed by atoms with Crippen LogP contribution in [-0.2, 0) is 11.3 Å². The zero-order chi connectivity index (χ0) is 21.0. The van der Waals surface area contributed by atoms with Crippen molar-refractivity contribution in [2.45, 2.75) is 18.6 Å². The van der Waals surface area contributed by atoms with Crippen molar-refractivity contribution in [3.63, 3.8) is 0 Å². The second-order valence-electron chi connectivity index (χ2n) is 6.18. The van der Waals surface area contributed by atoms with Crippen molar-refractivity contribution in [3.8, 4) is 0 Å². The number of hydrogen-bond acceptors (Lipinski definition) is 6. The lowest BCUT2D eigenvalue weighted by atomic mass is 10.1. The van der Waals surface area contributed by atoms with Gasteiger partial charge >= 0.3 is 0 Å². The number of hydrogen-bond donors (Lipinski definition) is 1. The van der Waals surface area contributed by atoms with E-state index in [2.05, 4.69) is 16.9 Å². The average molecular weight is 410 g/mol. The Morgan fingerprint density at radius 2 is 2.07 bits per heavy atom. The Morgan fingerprint density at radius 3 is 2.79 bits per heavy atom. The van der Waals surface area contributed by atoms with E-state index < -0.39 is 10.8 Å². The summed E-state index contributed by atoms with van der Waals surface area (Å²) < 4.78 is 1.45. The van der Waals surface area contributed by atoms with Crippen molar-refractivity contribution in [1.82, 2.24) is 9.55 Å². The Kier molecular flexibility index (Phi) is 6.08. The minimum absolute atomic E-state index is 0.0621. The van der Waals surface area contributed by atoms with Crippen LogP contribution in [0.2, 0.25) is 0 Å². The van der Waals surface area contributed by atoms with Crippen LogP contribution in [0, 0.1) is 17.0 Å². The second-order valence-corrected chi connectivity index (χ2v) is 7.12. The number of para-hydroxylation sites is 2. The number of nitrogens with zero attached hydrogens (tertiary/aromatic N) is 3. The molecule has 0 spiro atoms. The van der Waals surface area contributed by atoms with Crippen LogP contribution in [-0.4, -0.2) is 26.1 Å². The van der Waals surface area contributed by atoms with Gasteiger partial charge in [-0.05, 0) is 24.6 Å². The molecule has 0 saturated carbocycles. The average Bonchev–Trinajstić information content (AvgIpc) is 2.70. The second kappa shape index (κ2) is 8.70. The molecule has 0 radical (unpaired) electrons. The first kappa shape index (κ1) is 20.3. The first-order chi connectivity index (χ1) is 13.9. The summed E-state index contributed by atoms with van der Waals surface area (Å²) in [4.78, 5) is 40.3. The van der Waals surface area contributed by atoms with Crippen LogP contribution in [0.4, 0.5) is 11.4 Å². The lowest BCUT2D eigenvalue weighted by Crippen LogP contribution is -2.24. The van der Waals surface area contributed by atoms with Crippen molar-refractivity contribution in [2.75, 3.05) is 11.1 Å². The van der Waals surface area contributed by atoms with Crippen molar-refractivity contribution >= 4 is 39.9 Å². The summed E-state index contributed by atoms with van der Waals surface area (Å²) in [7, 11) is 0. The molecule has 0 fully saturated rings. The van der Waals surface area contributed by atoms with E-state index in [1.807, 2.05) is 0 Å². The fourth-order valence-electron chi connectivity index (χ4n) is 2.82. The smallest absolute Gasteiger partial charge is 0.293 e. The minimum atomic E-state index is -0.539. The number of carbonyl (C=O) groups is 1. The van der Waals surface area contributed by atoms with Crippen LogP contribution in [0.15, 0.2) is 65.1 Å². The molecule has 9 heteroatoms. The van der Waals surface area contributed by atoms with E-state index in [0.29, 0.717) is 21.6 Å². The zero-order valence-corrected chi connectivity index (χ0v) is 16.4. The number of aromatic nitrogens is 2.